The quantitative estimate of drug-likeness (QED) is 0.699. The van der Waals surface area contributed by atoms with Gasteiger partial charge in [-0.1, -0.05) is 13.8 Å². The van der Waals surface area contributed by atoms with Crippen LogP contribution in [-0.2, 0) is 4.74 Å². The second-order valence-electron chi connectivity index (χ2n) is 4.29. The van der Waals surface area contributed by atoms with Crippen LogP contribution in [0.25, 0.3) is 0 Å². The fourth-order valence-electron chi connectivity index (χ4n) is 0.333. The molecule has 0 aromatic rings. The molecule has 0 spiro atoms. The van der Waals surface area contributed by atoms with Gasteiger partial charge in [0.25, 0.3) is 0 Å². The molecular formula is C10H25NO. The third kappa shape index (κ3) is 22.5. The Labute approximate surface area is 77.5 Å². The number of ether oxygens (including phenoxy) is 1. The highest BCUT2D eigenvalue weighted by Gasteiger charge is 2.03. The molecule has 2 heteroatoms. The number of hydrogen-bond acceptors (Lipinski definition) is 2. The first kappa shape index (κ1) is 14.4. The van der Waals surface area contributed by atoms with Gasteiger partial charge in [0.2, 0.25) is 0 Å². The first-order valence-electron chi connectivity index (χ1n) is 4.58. The summed E-state index contributed by atoms with van der Waals surface area (Å²) >= 11 is 0. The monoisotopic (exact) mass is 175 g/mol. The predicted molar refractivity (Wildman–Crippen MR) is 55.3 cm³/mol. The molecule has 0 aromatic carbocycles. The van der Waals surface area contributed by atoms with E-state index in [1.54, 1.807) is 7.11 Å². The van der Waals surface area contributed by atoms with Crippen LogP contribution in [0.3, 0.4) is 0 Å². The minimum absolute atomic E-state index is 0.0417. The molecule has 0 saturated carbocycles. The lowest BCUT2D eigenvalue weighted by Crippen LogP contribution is -2.15. The van der Waals surface area contributed by atoms with Gasteiger partial charge in [-0.15, -0.1) is 0 Å². The summed E-state index contributed by atoms with van der Waals surface area (Å²) in [5.41, 5.74) is 5.27. The number of rotatable bonds is 2. The summed E-state index contributed by atoms with van der Waals surface area (Å²) in [6.07, 6.45) is 1.15. The van der Waals surface area contributed by atoms with E-state index in [0.29, 0.717) is 0 Å². The summed E-state index contributed by atoms with van der Waals surface area (Å²) in [4.78, 5) is 0. The summed E-state index contributed by atoms with van der Waals surface area (Å²) in [5.74, 6) is 0.773. The van der Waals surface area contributed by atoms with Crippen molar-refractivity contribution in [3.05, 3.63) is 0 Å². The highest BCUT2D eigenvalue weighted by molar-refractivity contribution is 4.55. The Morgan fingerprint density at radius 2 is 1.58 bits per heavy atom. The van der Waals surface area contributed by atoms with E-state index in [-0.39, 0.29) is 5.60 Å². The van der Waals surface area contributed by atoms with Crippen molar-refractivity contribution in [1.29, 1.82) is 0 Å². The lowest BCUT2D eigenvalue weighted by atomic mass is 10.1. The van der Waals surface area contributed by atoms with Crippen molar-refractivity contribution in [2.24, 2.45) is 11.7 Å². The minimum atomic E-state index is 0.0417. The Hall–Kier alpha value is -0.0800. The Bertz CT molecular complexity index is 84.3. The lowest BCUT2D eigenvalue weighted by molar-refractivity contribution is 0.0397. The fraction of sp³-hybridized carbons (Fsp3) is 1.00. The first-order chi connectivity index (χ1) is 5.33. The molecule has 12 heavy (non-hydrogen) atoms. The van der Waals surface area contributed by atoms with Crippen LogP contribution in [0.4, 0.5) is 0 Å². The van der Waals surface area contributed by atoms with Crippen LogP contribution < -0.4 is 5.73 Å². The summed E-state index contributed by atoms with van der Waals surface area (Å²) in [5, 5.41) is 0. The van der Waals surface area contributed by atoms with Gasteiger partial charge < -0.3 is 10.5 Å². The Balaban J connectivity index is 0. The summed E-state index contributed by atoms with van der Waals surface area (Å²) < 4.78 is 4.94. The normalized spacial score (nSPS) is 11.0. The second-order valence-corrected chi connectivity index (χ2v) is 4.29. The van der Waals surface area contributed by atoms with E-state index in [2.05, 4.69) is 13.8 Å². The molecule has 0 aliphatic heterocycles. The predicted octanol–water partition coefficient (Wildman–Crippen LogP) is 2.42. The molecule has 2 N–H and O–H groups in total. The number of nitrogens with two attached hydrogens (primary N) is 1. The van der Waals surface area contributed by atoms with Crippen molar-refractivity contribution in [3.63, 3.8) is 0 Å². The molecule has 0 saturated heterocycles. The maximum atomic E-state index is 5.23. The maximum Gasteiger partial charge on any atom is 0.0594 e. The van der Waals surface area contributed by atoms with Crippen LogP contribution in [0.15, 0.2) is 0 Å². The van der Waals surface area contributed by atoms with E-state index in [4.69, 9.17) is 10.5 Å². The van der Waals surface area contributed by atoms with Crippen LogP contribution in [-0.4, -0.2) is 19.3 Å². The van der Waals surface area contributed by atoms with Gasteiger partial charge >= 0.3 is 0 Å². The van der Waals surface area contributed by atoms with Gasteiger partial charge in [0, 0.05) is 7.11 Å². The zero-order chi connectivity index (χ0) is 10.2. The largest absolute Gasteiger partial charge is 0.379 e. The van der Waals surface area contributed by atoms with Crippen LogP contribution in [0.1, 0.15) is 41.0 Å². The minimum Gasteiger partial charge on any atom is -0.379 e. The summed E-state index contributed by atoms with van der Waals surface area (Å²) in [7, 11) is 1.71. The molecule has 0 aromatic heterocycles. The van der Waals surface area contributed by atoms with Crippen molar-refractivity contribution in [2.75, 3.05) is 13.7 Å². The molecule has 0 aliphatic rings. The van der Waals surface area contributed by atoms with Crippen LogP contribution in [0, 0.1) is 5.92 Å². The van der Waals surface area contributed by atoms with E-state index in [9.17, 15) is 0 Å². The molecule has 0 fully saturated rings. The molecular weight excluding hydrogens is 150 g/mol. The van der Waals surface area contributed by atoms with Gasteiger partial charge in [-0.3, -0.25) is 0 Å². The van der Waals surface area contributed by atoms with Gasteiger partial charge in [0.05, 0.1) is 5.60 Å². The van der Waals surface area contributed by atoms with E-state index in [1.807, 2.05) is 20.8 Å². The molecule has 0 rings (SSSR count). The molecule has 0 amide bonds. The second kappa shape index (κ2) is 7.56. The molecule has 76 valence electrons. The average Bonchev–Trinajstić information content (AvgIpc) is 1.87. The third-order valence-electron chi connectivity index (χ3n) is 1.36. The lowest BCUT2D eigenvalue weighted by Gasteiger charge is -2.14. The van der Waals surface area contributed by atoms with Crippen molar-refractivity contribution in [2.45, 2.75) is 46.6 Å². The van der Waals surface area contributed by atoms with Crippen LogP contribution in [0.2, 0.25) is 0 Å². The van der Waals surface area contributed by atoms with E-state index in [1.165, 1.54) is 0 Å². The average molecular weight is 175 g/mol. The standard InChI is InChI=1S/C5H13N.C5H12O/c1-5(2)3-4-6;1-5(2,3)6-4/h5H,3-4,6H2,1-2H3;1-4H3. The van der Waals surface area contributed by atoms with Gasteiger partial charge in [0.1, 0.15) is 0 Å². The topological polar surface area (TPSA) is 35.2 Å². The van der Waals surface area contributed by atoms with Gasteiger partial charge in [-0.05, 0) is 39.7 Å². The molecule has 2 nitrogen and oxygen atoms in total. The van der Waals surface area contributed by atoms with E-state index < -0.39 is 0 Å². The van der Waals surface area contributed by atoms with E-state index in [0.717, 1.165) is 18.9 Å². The van der Waals surface area contributed by atoms with Crippen molar-refractivity contribution >= 4 is 0 Å². The fourth-order valence-corrected chi connectivity index (χ4v) is 0.333. The summed E-state index contributed by atoms with van der Waals surface area (Å²) in [6, 6.07) is 0. The molecule has 0 radical (unpaired) electrons. The molecule has 0 unspecified atom stereocenters. The van der Waals surface area contributed by atoms with Crippen molar-refractivity contribution in [1.82, 2.24) is 0 Å². The van der Waals surface area contributed by atoms with Crippen molar-refractivity contribution < 1.29 is 4.74 Å². The van der Waals surface area contributed by atoms with Crippen LogP contribution in [0.5, 0.6) is 0 Å². The molecule has 0 atom stereocenters. The first-order valence-corrected chi connectivity index (χ1v) is 4.58. The zero-order valence-corrected chi connectivity index (χ0v) is 9.48. The van der Waals surface area contributed by atoms with Crippen LogP contribution >= 0.6 is 0 Å². The Morgan fingerprint density at radius 3 is 1.58 bits per heavy atom. The van der Waals surface area contributed by atoms with Gasteiger partial charge in [-0.2, -0.15) is 0 Å². The SMILES string of the molecule is CC(C)CCN.COC(C)(C)C. The highest BCUT2D eigenvalue weighted by atomic mass is 16.5. The zero-order valence-electron chi connectivity index (χ0n) is 9.48. The Kier molecular flexibility index (Phi) is 9.10. The molecule has 0 aliphatic carbocycles. The molecule has 0 heterocycles. The third-order valence-corrected chi connectivity index (χ3v) is 1.36. The number of methoxy groups -OCH3 is 1. The van der Waals surface area contributed by atoms with Crippen molar-refractivity contribution in [3.8, 4) is 0 Å². The maximum absolute atomic E-state index is 5.23. The highest BCUT2D eigenvalue weighted by Crippen LogP contribution is 2.02. The van der Waals surface area contributed by atoms with E-state index >= 15 is 0 Å². The number of hydrogen-bond donors (Lipinski definition) is 1. The molecule has 0 bridgehead atoms. The summed E-state index contributed by atoms with van der Waals surface area (Å²) in [6.45, 7) is 11.2. The van der Waals surface area contributed by atoms with Gasteiger partial charge in [-0.25, -0.2) is 0 Å². The van der Waals surface area contributed by atoms with Gasteiger partial charge in [0.15, 0.2) is 0 Å². The Morgan fingerprint density at radius 1 is 1.25 bits per heavy atom. The smallest absolute Gasteiger partial charge is 0.0594 e.